The first-order valence-corrected chi connectivity index (χ1v) is 10.7. The number of methoxy groups -OCH3 is 1. The first-order chi connectivity index (χ1) is 13.0. The van der Waals surface area contributed by atoms with E-state index in [0.717, 1.165) is 13.1 Å². The highest BCUT2D eigenvalue weighted by Gasteiger charge is 2.39. The maximum atomic E-state index is 13.1. The molecule has 0 radical (unpaired) electrons. The van der Waals surface area contributed by atoms with E-state index in [-0.39, 0.29) is 29.0 Å². The van der Waals surface area contributed by atoms with Gasteiger partial charge >= 0.3 is 0 Å². The number of sulfonamides is 1. The molecule has 28 heavy (non-hydrogen) atoms. The Morgan fingerprint density at radius 2 is 1.82 bits per heavy atom. The number of halogens is 1. The molecular formula is C18H26ClN3O5S. The molecule has 3 saturated heterocycles. The molecule has 4 rings (SSSR count). The molecule has 1 amide bonds. The Labute approximate surface area is 171 Å². The van der Waals surface area contributed by atoms with Gasteiger partial charge in [-0.05, 0) is 30.0 Å². The fourth-order valence-electron chi connectivity index (χ4n) is 4.14. The average molecular weight is 432 g/mol. The molecule has 3 aliphatic heterocycles. The molecule has 0 aromatic heterocycles. The van der Waals surface area contributed by atoms with E-state index in [1.807, 2.05) is 4.90 Å². The first kappa shape index (κ1) is 21.3. The summed E-state index contributed by atoms with van der Waals surface area (Å²) in [4.78, 5) is 14.8. The minimum Gasteiger partial charge on any atom is -0.495 e. The van der Waals surface area contributed by atoms with Crippen molar-refractivity contribution in [2.75, 3.05) is 59.6 Å². The second-order valence-electron chi connectivity index (χ2n) is 7.27. The largest absolute Gasteiger partial charge is 0.495 e. The number of ether oxygens (including phenoxy) is 2. The number of carbonyl (C=O) groups is 1. The second-order valence-corrected chi connectivity index (χ2v) is 9.18. The van der Waals surface area contributed by atoms with E-state index in [4.69, 9.17) is 9.47 Å². The number of benzene rings is 1. The van der Waals surface area contributed by atoms with Crippen LogP contribution in [0.25, 0.3) is 0 Å². The van der Waals surface area contributed by atoms with Crippen molar-refractivity contribution in [3.05, 3.63) is 23.8 Å². The summed E-state index contributed by atoms with van der Waals surface area (Å²) < 4.78 is 38.1. The van der Waals surface area contributed by atoms with Crippen molar-refractivity contribution in [3.63, 3.8) is 0 Å². The van der Waals surface area contributed by atoms with Crippen molar-refractivity contribution in [1.82, 2.24) is 14.5 Å². The van der Waals surface area contributed by atoms with Crippen LogP contribution in [0, 0.1) is 11.8 Å². The molecule has 1 aromatic carbocycles. The molecule has 10 heteroatoms. The fourth-order valence-corrected chi connectivity index (χ4v) is 5.73. The minimum absolute atomic E-state index is 0. The summed E-state index contributed by atoms with van der Waals surface area (Å²) in [6.07, 6.45) is 0. The lowest BCUT2D eigenvalue weighted by molar-refractivity contribution is 0.0729. The zero-order valence-electron chi connectivity index (χ0n) is 15.8. The number of nitrogens with zero attached hydrogens (tertiary/aromatic N) is 2. The molecule has 0 bridgehead atoms. The molecule has 1 aromatic rings. The van der Waals surface area contributed by atoms with Gasteiger partial charge in [-0.3, -0.25) is 4.79 Å². The monoisotopic (exact) mass is 431 g/mol. The normalized spacial score (nSPS) is 25.2. The van der Waals surface area contributed by atoms with Crippen LogP contribution < -0.4 is 10.1 Å². The van der Waals surface area contributed by atoms with Crippen molar-refractivity contribution < 1.29 is 22.7 Å². The van der Waals surface area contributed by atoms with E-state index < -0.39 is 10.0 Å². The number of nitrogens with one attached hydrogen (secondary N) is 1. The molecule has 2 atom stereocenters. The lowest BCUT2D eigenvalue weighted by Crippen LogP contribution is -2.40. The van der Waals surface area contributed by atoms with Crippen LogP contribution >= 0.6 is 12.4 Å². The summed E-state index contributed by atoms with van der Waals surface area (Å²) in [6, 6.07) is 4.67. The summed E-state index contributed by atoms with van der Waals surface area (Å²) in [5.41, 5.74) is 0.385. The van der Waals surface area contributed by atoms with Crippen molar-refractivity contribution in [1.29, 1.82) is 0 Å². The molecule has 0 saturated carbocycles. The molecule has 0 spiro atoms. The van der Waals surface area contributed by atoms with Crippen molar-refractivity contribution in [3.8, 4) is 5.75 Å². The van der Waals surface area contributed by atoms with Crippen LogP contribution in [0.15, 0.2) is 23.1 Å². The van der Waals surface area contributed by atoms with Gasteiger partial charge in [0.2, 0.25) is 10.0 Å². The topological polar surface area (TPSA) is 88.2 Å². The third-order valence-corrected chi connectivity index (χ3v) is 7.60. The first-order valence-electron chi connectivity index (χ1n) is 9.26. The molecule has 1 N–H and O–H groups in total. The summed E-state index contributed by atoms with van der Waals surface area (Å²) in [7, 11) is -2.32. The molecule has 0 unspecified atom stereocenters. The van der Waals surface area contributed by atoms with E-state index in [1.54, 1.807) is 12.1 Å². The molecule has 3 aliphatic rings. The number of amides is 1. The van der Waals surface area contributed by atoms with E-state index in [9.17, 15) is 13.2 Å². The van der Waals surface area contributed by atoms with Gasteiger partial charge in [0, 0.05) is 44.8 Å². The van der Waals surface area contributed by atoms with Crippen LogP contribution in [0.5, 0.6) is 5.75 Å². The minimum atomic E-state index is -3.75. The van der Waals surface area contributed by atoms with E-state index in [2.05, 4.69) is 5.32 Å². The van der Waals surface area contributed by atoms with Crippen molar-refractivity contribution in [2.45, 2.75) is 4.90 Å². The fraction of sp³-hybridized carbons (Fsp3) is 0.611. The van der Waals surface area contributed by atoms with Crippen LogP contribution in [0.1, 0.15) is 10.4 Å². The van der Waals surface area contributed by atoms with Gasteiger partial charge in [0.25, 0.3) is 5.91 Å². The third kappa shape index (κ3) is 3.86. The summed E-state index contributed by atoms with van der Waals surface area (Å²) >= 11 is 0. The van der Waals surface area contributed by atoms with Gasteiger partial charge in [-0.1, -0.05) is 0 Å². The molecule has 3 heterocycles. The number of carbonyl (C=O) groups excluding carboxylic acids is 1. The van der Waals surface area contributed by atoms with Crippen LogP contribution in [0.2, 0.25) is 0 Å². The standard InChI is InChI=1S/C18H25N3O5S.ClH/c1-25-16-3-2-13(18(22)20-11-14-9-19-10-15(14)12-20)8-17(16)27(23,24)21-4-6-26-7-5-21;/h2-3,8,14-15,19H,4-7,9-12H2,1H3;1H/t14-,15+;. The van der Waals surface area contributed by atoms with E-state index in [1.165, 1.54) is 17.5 Å². The maximum absolute atomic E-state index is 13.1. The number of hydrogen-bond acceptors (Lipinski definition) is 6. The lowest BCUT2D eigenvalue weighted by atomic mass is 10.0. The van der Waals surface area contributed by atoms with Gasteiger partial charge in [0.15, 0.2) is 0 Å². The number of hydrogen-bond donors (Lipinski definition) is 1. The smallest absolute Gasteiger partial charge is 0.253 e. The summed E-state index contributed by atoms with van der Waals surface area (Å²) in [5.74, 6) is 1.11. The van der Waals surface area contributed by atoms with Crippen LogP contribution in [0.4, 0.5) is 0 Å². The highest BCUT2D eigenvalue weighted by Crippen LogP contribution is 2.31. The number of likely N-dealkylation sites (tertiary alicyclic amines) is 1. The predicted molar refractivity (Wildman–Crippen MR) is 106 cm³/mol. The zero-order valence-corrected chi connectivity index (χ0v) is 17.4. The molecule has 0 aliphatic carbocycles. The van der Waals surface area contributed by atoms with Crippen LogP contribution in [-0.4, -0.2) is 83.1 Å². The van der Waals surface area contributed by atoms with E-state index >= 15 is 0 Å². The summed E-state index contributed by atoms with van der Waals surface area (Å²) in [6.45, 7) is 4.64. The maximum Gasteiger partial charge on any atom is 0.253 e. The Bertz CT molecular complexity index is 817. The van der Waals surface area contributed by atoms with Crippen molar-refractivity contribution >= 4 is 28.3 Å². The van der Waals surface area contributed by atoms with Gasteiger partial charge in [-0.2, -0.15) is 4.31 Å². The Morgan fingerprint density at radius 1 is 1.18 bits per heavy atom. The van der Waals surface area contributed by atoms with Crippen LogP contribution in [-0.2, 0) is 14.8 Å². The average Bonchev–Trinajstić information content (AvgIpc) is 3.30. The quantitative estimate of drug-likeness (QED) is 0.743. The second kappa shape index (κ2) is 8.54. The Balaban J connectivity index is 0.00000225. The van der Waals surface area contributed by atoms with Gasteiger partial charge in [0.1, 0.15) is 10.6 Å². The predicted octanol–water partition coefficient (Wildman–Crippen LogP) is 0.429. The molecule has 8 nitrogen and oxygen atoms in total. The Kier molecular flexibility index (Phi) is 6.51. The number of rotatable bonds is 4. The Hall–Kier alpha value is -1.39. The molecule has 3 fully saturated rings. The van der Waals surface area contributed by atoms with E-state index in [0.29, 0.717) is 56.8 Å². The lowest BCUT2D eigenvalue weighted by Gasteiger charge is -2.27. The molecule has 156 valence electrons. The number of fused-ring (bicyclic) bond motifs is 1. The van der Waals surface area contributed by atoms with Gasteiger partial charge in [0.05, 0.1) is 20.3 Å². The van der Waals surface area contributed by atoms with Gasteiger partial charge in [-0.25, -0.2) is 8.42 Å². The Morgan fingerprint density at radius 3 is 2.43 bits per heavy atom. The van der Waals surface area contributed by atoms with Gasteiger partial charge in [-0.15, -0.1) is 12.4 Å². The summed E-state index contributed by atoms with van der Waals surface area (Å²) in [5, 5.41) is 3.35. The van der Waals surface area contributed by atoms with Crippen LogP contribution in [0.3, 0.4) is 0 Å². The highest BCUT2D eigenvalue weighted by atomic mass is 35.5. The zero-order chi connectivity index (χ0) is 19.0. The van der Waals surface area contributed by atoms with Gasteiger partial charge < -0.3 is 19.7 Å². The van der Waals surface area contributed by atoms with Crippen molar-refractivity contribution in [2.24, 2.45) is 11.8 Å². The highest BCUT2D eigenvalue weighted by molar-refractivity contribution is 7.89. The number of morpholine rings is 1. The molecular weight excluding hydrogens is 406 g/mol. The third-order valence-electron chi connectivity index (χ3n) is 5.68. The SMILES string of the molecule is COc1ccc(C(=O)N2C[C@H]3CNC[C@H]3C2)cc1S(=O)(=O)N1CCOCC1.Cl.